The van der Waals surface area contributed by atoms with Gasteiger partial charge in [0.2, 0.25) is 0 Å². The van der Waals surface area contributed by atoms with E-state index in [1.807, 2.05) is 31.2 Å². The van der Waals surface area contributed by atoms with Crippen molar-refractivity contribution in [3.05, 3.63) is 29.8 Å². The molecule has 1 unspecified atom stereocenters. The van der Waals surface area contributed by atoms with Crippen LogP contribution >= 0.6 is 0 Å². The van der Waals surface area contributed by atoms with Gasteiger partial charge in [0.05, 0.1) is 12.7 Å². The van der Waals surface area contributed by atoms with Gasteiger partial charge in [-0.15, -0.1) is 0 Å². The van der Waals surface area contributed by atoms with Gasteiger partial charge in [-0.1, -0.05) is 38.0 Å². The van der Waals surface area contributed by atoms with Crippen molar-refractivity contribution in [2.45, 2.75) is 39.2 Å². The summed E-state index contributed by atoms with van der Waals surface area (Å²) in [6.07, 6.45) is 2.56. The van der Waals surface area contributed by atoms with Gasteiger partial charge in [0.1, 0.15) is 5.75 Å². The van der Waals surface area contributed by atoms with Crippen LogP contribution in [-0.4, -0.2) is 11.7 Å². The molecule has 1 atom stereocenters. The number of para-hydroxylation sites is 1. The number of aliphatic hydroxyl groups is 1. The Balaban J connectivity index is 2.72. The minimum atomic E-state index is -0.396. The molecule has 0 heterocycles. The van der Waals surface area contributed by atoms with E-state index in [9.17, 15) is 5.11 Å². The zero-order valence-corrected chi connectivity index (χ0v) is 9.57. The van der Waals surface area contributed by atoms with Gasteiger partial charge in [0.25, 0.3) is 0 Å². The monoisotopic (exact) mass is 208 g/mol. The molecule has 15 heavy (non-hydrogen) atoms. The first-order valence-corrected chi connectivity index (χ1v) is 5.69. The number of hydrogen-bond donors (Lipinski definition) is 1. The van der Waals surface area contributed by atoms with Gasteiger partial charge in [-0.2, -0.15) is 0 Å². The molecule has 0 spiro atoms. The summed E-state index contributed by atoms with van der Waals surface area (Å²) in [5.74, 6) is 0.809. The van der Waals surface area contributed by atoms with E-state index in [0.717, 1.165) is 30.6 Å². The van der Waals surface area contributed by atoms with E-state index in [2.05, 4.69) is 6.92 Å². The van der Waals surface area contributed by atoms with Gasteiger partial charge in [0.15, 0.2) is 0 Å². The topological polar surface area (TPSA) is 29.5 Å². The second kappa shape index (κ2) is 6.46. The first-order valence-electron chi connectivity index (χ1n) is 5.69. The van der Waals surface area contributed by atoms with E-state index in [1.165, 1.54) is 0 Å². The molecule has 0 aliphatic carbocycles. The summed E-state index contributed by atoms with van der Waals surface area (Å²) in [4.78, 5) is 0. The van der Waals surface area contributed by atoms with E-state index in [1.54, 1.807) is 0 Å². The van der Waals surface area contributed by atoms with E-state index < -0.39 is 6.10 Å². The maximum Gasteiger partial charge on any atom is 0.125 e. The van der Waals surface area contributed by atoms with E-state index in [0.29, 0.717) is 6.61 Å². The van der Waals surface area contributed by atoms with E-state index in [-0.39, 0.29) is 0 Å². The highest BCUT2D eigenvalue weighted by molar-refractivity contribution is 5.34. The number of hydrogen-bond acceptors (Lipinski definition) is 2. The Morgan fingerprint density at radius 3 is 2.67 bits per heavy atom. The van der Waals surface area contributed by atoms with Crippen molar-refractivity contribution in [1.29, 1.82) is 0 Å². The Labute approximate surface area is 91.9 Å². The van der Waals surface area contributed by atoms with Crippen LogP contribution in [0.25, 0.3) is 0 Å². The smallest absolute Gasteiger partial charge is 0.125 e. The van der Waals surface area contributed by atoms with Crippen molar-refractivity contribution in [3.63, 3.8) is 0 Å². The Kier molecular flexibility index (Phi) is 5.19. The lowest BCUT2D eigenvalue weighted by Crippen LogP contribution is -2.02. The molecule has 0 radical (unpaired) electrons. The minimum absolute atomic E-state index is 0.396. The zero-order valence-electron chi connectivity index (χ0n) is 9.57. The number of ether oxygens (including phenoxy) is 1. The van der Waals surface area contributed by atoms with Crippen LogP contribution < -0.4 is 4.74 Å². The first-order chi connectivity index (χ1) is 7.29. The molecule has 84 valence electrons. The lowest BCUT2D eigenvalue weighted by Gasteiger charge is -2.15. The molecule has 0 aromatic heterocycles. The number of rotatable bonds is 6. The van der Waals surface area contributed by atoms with Crippen molar-refractivity contribution in [2.75, 3.05) is 6.61 Å². The second-order valence-corrected chi connectivity index (χ2v) is 3.63. The molecule has 1 N–H and O–H groups in total. The Bertz CT molecular complexity index is 284. The van der Waals surface area contributed by atoms with Crippen molar-refractivity contribution in [1.82, 2.24) is 0 Å². The summed E-state index contributed by atoms with van der Waals surface area (Å²) in [7, 11) is 0. The highest BCUT2D eigenvalue weighted by Crippen LogP contribution is 2.28. The Morgan fingerprint density at radius 1 is 1.27 bits per heavy atom. The largest absolute Gasteiger partial charge is 0.493 e. The van der Waals surface area contributed by atoms with Crippen molar-refractivity contribution in [2.24, 2.45) is 0 Å². The van der Waals surface area contributed by atoms with Crippen LogP contribution in [0.3, 0.4) is 0 Å². The van der Waals surface area contributed by atoms with Crippen LogP contribution in [0, 0.1) is 0 Å². The van der Waals surface area contributed by atoms with Gasteiger partial charge in [-0.05, 0) is 19.4 Å². The summed E-state index contributed by atoms with van der Waals surface area (Å²) >= 11 is 0. The van der Waals surface area contributed by atoms with Gasteiger partial charge >= 0.3 is 0 Å². The predicted molar refractivity (Wildman–Crippen MR) is 62.1 cm³/mol. The maximum atomic E-state index is 9.98. The van der Waals surface area contributed by atoms with Crippen LogP contribution in [0.2, 0.25) is 0 Å². The molecule has 2 nitrogen and oxygen atoms in total. The maximum absolute atomic E-state index is 9.98. The molecule has 0 bridgehead atoms. The third-order valence-corrected chi connectivity index (χ3v) is 2.41. The fraction of sp³-hybridized carbons (Fsp3) is 0.538. The zero-order chi connectivity index (χ0) is 11.1. The lowest BCUT2D eigenvalue weighted by atomic mass is 10.0. The quantitative estimate of drug-likeness (QED) is 0.777. The first kappa shape index (κ1) is 12.1. The van der Waals surface area contributed by atoms with Gasteiger partial charge < -0.3 is 9.84 Å². The molecule has 0 saturated heterocycles. The molecule has 2 heteroatoms. The summed E-state index contributed by atoms with van der Waals surface area (Å²) < 4.78 is 5.48. The standard InChI is InChI=1S/C13H20O2/c1-3-5-9-12(14)11-8-6-7-10-13(11)15-4-2/h6-8,10,12,14H,3-5,9H2,1-2H3. The van der Waals surface area contributed by atoms with Crippen LogP contribution in [0.5, 0.6) is 5.75 Å². The summed E-state index contributed by atoms with van der Waals surface area (Å²) in [6.45, 7) is 4.72. The fourth-order valence-electron chi connectivity index (χ4n) is 1.60. The van der Waals surface area contributed by atoms with Crippen LogP contribution in [-0.2, 0) is 0 Å². The van der Waals surface area contributed by atoms with Gasteiger partial charge in [-0.25, -0.2) is 0 Å². The third-order valence-electron chi connectivity index (χ3n) is 2.41. The third kappa shape index (κ3) is 3.56. The van der Waals surface area contributed by atoms with Crippen molar-refractivity contribution in [3.8, 4) is 5.75 Å². The van der Waals surface area contributed by atoms with Crippen LogP contribution in [0.15, 0.2) is 24.3 Å². The fourth-order valence-corrected chi connectivity index (χ4v) is 1.60. The summed E-state index contributed by atoms with van der Waals surface area (Å²) in [5, 5.41) is 9.98. The van der Waals surface area contributed by atoms with Crippen LogP contribution in [0.4, 0.5) is 0 Å². The SMILES string of the molecule is CCCCC(O)c1ccccc1OCC. The molecule has 0 saturated carbocycles. The van der Waals surface area contributed by atoms with Crippen LogP contribution in [0.1, 0.15) is 44.8 Å². The summed E-state index contributed by atoms with van der Waals surface area (Å²) in [6, 6.07) is 7.72. The number of benzene rings is 1. The second-order valence-electron chi connectivity index (χ2n) is 3.63. The number of aliphatic hydroxyl groups excluding tert-OH is 1. The van der Waals surface area contributed by atoms with Gasteiger partial charge in [-0.3, -0.25) is 0 Å². The minimum Gasteiger partial charge on any atom is -0.493 e. The molecule has 1 aromatic carbocycles. The molecular formula is C13H20O2. The van der Waals surface area contributed by atoms with E-state index >= 15 is 0 Å². The predicted octanol–water partition coefficient (Wildman–Crippen LogP) is 3.31. The van der Waals surface area contributed by atoms with E-state index in [4.69, 9.17) is 4.74 Å². The lowest BCUT2D eigenvalue weighted by molar-refractivity contribution is 0.159. The molecule has 1 rings (SSSR count). The van der Waals surface area contributed by atoms with Gasteiger partial charge in [0, 0.05) is 5.56 Å². The molecular weight excluding hydrogens is 188 g/mol. The molecule has 0 fully saturated rings. The average Bonchev–Trinajstić information content (AvgIpc) is 2.27. The molecule has 0 aliphatic rings. The highest BCUT2D eigenvalue weighted by atomic mass is 16.5. The Morgan fingerprint density at radius 2 is 2.00 bits per heavy atom. The average molecular weight is 208 g/mol. The Hall–Kier alpha value is -1.02. The van der Waals surface area contributed by atoms with Crippen molar-refractivity contribution >= 4 is 0 Å². The number of unbranched alkanes of at least 4 members (excludes halogenated alkanes) is 1. The molecule has 0 aliphatic heterocycles. The van der Waals surface area contributed by atoms with Crippen molar-refractivity contribution < 1.29 is 9.84 Å². The molecule has 0 amide bonds. The normalized spacial score (nSPS) is 12.5. The summed E-state index contributed by atoms with van der Waals surface area (Å²) in [5.41, 5.74) is 0.910. The highest BCUT2D eigenvalue weighted by Gasteiger charge is 2.11. The molecule has 1 aromatic rings.